The molecule has 0 fully saturated rings. The summed E-state index contributed by atoms with van der Waals surface area (Å²) in [6.45, 7) is 1.71. The largest absolute Gasteiger partial charge is 0.475 e. The van der Waals surface area contributed by atoms with Gasteiger partial charge in [0.15, 0.2) is 6.23 Å². The maximum Gasteiger partial charge on any atom is 0.234 e. The smallest absolute Gasteiger partial charge is 0.234 e. The molecule has 116 valence electrons. The summed E-state index contributed by atoms with van der Waals surface area (Å²) in [6, 6.07) is 16.5. The van der Waals surface area contributed by atoms with E-state index in [1.807, 2.05) is 42.5 Å². The zero-order valence-electron chi connectivity index (χ0n) is 12.3. The number of nitrogens with two attached hydrogens (primary N) is 1. The maximum absolute atomic E-state index is 11.3. The third-order valence-electron chi connectivity index (χ3n) is 3.20. The first-order valence-corrected chi connectivity index (χ1v) is 7.44. The fourth-order valence-corrected chi connectivity index (χ4v) is 2.21. The zero-order chi connectivity index (χ0) is 15.9. The van der Waals surface area contributed by atoms with E-state index in [0.29, 0.717) is 17.2 Å². The number of halogens is 1. The third-order valence-corrected chi connectivity index (χ3v) is 3.44. The van der Waals surface area contributed by atoms with Crippen LogP contribution in [0.15, 0.2) is 54.6 Å². The molecular weight excluding hydrogens is 300 g/mol. The molecule has 22 heavy (non-hydrogen) atoms. The van der Waals surface area contributed by atoms with Crippen molar-refractivity contribution in [3.05, 3.63) is 65.2 Å². The molecule has 0 aliphatic carbocycles. The Bertz CT molecular complexity index is 619. The molecule has 3 N–H and O–H groups in total. The summed E-state index contributed by atoms with van der Waals surface area (Å²) in [5, 5.41) is 3.69. The van der Waals surface area contributed by atoms with E-state index < -0.39 is 11.9 Å². The van der Waals surface area contributed by atoms with Crippen LogP contribution in [0.2, 0.25) is 5.02 Å². The van der Waals surface area contributed by atoms with E-state index >= 15 is 0 Å². The fraction of sp³-hybridized carbons (Fsp3) is 0.235. The van der Waals surface area contributed by atoms with E-state index in [-0.39, 0.29) is 6.23 Å². The number of hydrogen-bond acceptors (Lipinski definition) is 3. The molecule has 0 aromatic heterocycles. The van der Waals surface area contributed by atoms with E-state index in [1.54, 1.807) is 19.1 Å². The van der Waals surface area contributed by atoms with Gasteiger partial charge in [-0.25, -0.2) is 0 Å². The molecule has 2 unspecified atom stereocenters. The Hall–Kier alpha value is -2.04. The first kappa shape index (κ1) is 16.3. The van der Waals surface area contributed by atoms with Crippen LogP contribution in [0.5, 0.6) is 5.75 Å². The Kier molecular flexibility index (Phi) is 5.81. The average molecular weight is 319 g/mol. The van der Waals surface area contributed by atoms with Gasteiger partial charge in [0, 0.05) is 11.4 Å². The lowest BCUT2D eigenvalue weighted by Crippen LogP contribution is -2.47. The normalized spacial score (nSPS) is 13.4. The Balaban J connectivity index is 2.11. The van der Waals surface area contributed by atoms with Crippen molar-refractivity contribution in [2.75, 3.05) is 0 Å². The topological polar surface area (TPSA) is 64.3 Å². The second-order valence-corrected chi connectivity index (χ2v) is 5.48. The van der Waals surface area contributed by atoms with Crippen LogP contribution in [-0.4, -0.2) is 18.2 Å². The minimum atomic E-state index is -0.493. The summed E-state index contributed by atoms with van der Waals surface area (Å²) < 4.78 is 5.92. The number of carbonyl (C=O) groups is 1. The molecule has 0 bridgehead atoms. The lowest BCUT2D eigenvalue weighted by Gasteiger charge is -2.23. The van der Waals surface area contributed by atoms with Gasteiger partial charge < -0.3 is 10.5 Å². The molecule has 1 amide bonds. The van der Waals surface area contributed by atoms with Crippen molar-refractivity contribution in [2.45, 2.75) is 25.6 Å². The van der Waals surface area contributed by atoms with Crippen molar-refractivity contribution in [2.24, 2.45) is 5.73 Å². The van der Waals surface area contributed by atoms with Gasteiger partial charge in [0.25, 0.3) is 0 Å². The SMILES string of the molecule is CC(NC(Cc1ccccc1)Oc1cccc(Cl)c1)C(N)=O. The molecule has 2 aromatic carbocycles. The van der Waals surface area contributed by atoms with E-state index in [1.165, 1.54) is 0 Å². The van der Waals surface area contributed by atoms with Crippen molar-refractivity contribution < 1.29 is 9.53 Å². The maximum atomic E-state index is 11.3. The summed E-state index contributed by atoms with van der Waals surface area (Å²) >= 11 is 5.97. The van der Waals surface area contributed by atoms with Crippen LogP contribution in [0.3, 0.4) is 0 Å². The zero-order valence-corrected chi connectivity index (χ0v) is 13.1. The van der Waals surface area contributed by atoms with Gasteiger partial charge >= 0.3 is 0 Å². The van der Waals surface area contributed by atoms with Crippen LogP contribution >= 0.6 is 11.6 Å². The van der Waals surface area contributed by atoms with Gasteiger partial charge in [-0.1, -0.05) is 48.0 Å². The quantitative estimate of drug-likeness (QED) is 0.772. The highest BCUT2D eigenvalue weighted by atomic mass is 35.5. The highest BCUT2D eigenvalue weighted by Gasteiger charge is 2.17. The molecule has 2 rings (SSSR count). The van der Waals surface area contributed by atoms with Crippen LogP contribution in [0, 0.1) is 0 Å². The first-order valence-electron chi connectivity index (χ1n) is 7.06. The van der Waals surface area contributed by atoms with E-state index in [4.69, 9.17) is 22.1 Å². The standard InChI is InChI=1S/C17H19ClN2O2/c1-12(17(19)21)20-16(10-13-6-3-2-4-7-13)22-15-9-5-8-14(18)11-15/h2-9,11-12,16,20H,10H2,1H3,(H2,19,21). The Morgan fingerprint density at radius 2 is 1.95 bits per heavy atom. The van der Waals surface area contributed by atoms with Crippen molar-refractivity contribution in [3.8, 4) is 5.75 Å². The van der Waals surface area contributed by atoms with E-state index in [2.05, 4.69) is 5.32 Å². The van der Waals surface area contributed by atoms with Crippen LogP contribution in [0.25, 0.3) is 0 Å². The summed E-state index contributed by atoms with van der Waals surface area (Å²) in [5.41, 5.74) is 6.41. The minimum absolute atomic E-state index is 0.386. The molecule has 2 atom stereocenters. The summed E-state index contributed by atoms with van der Waals surface area (Å²) in [7, 11) is 0. The molecule has 0 radical (unpaired) electrons. The second-order valence-electron chi connectivity index (χ2n) is 5.04. The number of benzene rings is 2. The number of hydrogen-bond donors (Lipinski definition) is 2. The molecule has 0 aliphatic rings. The van der Waals surface area contributed by atoms with Crippen molar-refractivity contribution in [1.82, 2.24) is 5.32 Å². The molecule has 0 saturated carbocycles. The molecule has 2 aromatic rings. The number of primary amides is 1. The van der Waals surface area contributed by atoms with Gasteiger partial charge in [-0.3, -0.25) is 10.1 Å². The van der Waals surface area contributed by atoms with Gasteiger partial charge in [0.1, 0.15) is 5.75 Å². The predicted octanol–water partition coefficient (Wildman–Crippen LogP) is 2.75. The van der Waals surface area contributed by atoms with Gasteiger partial charge in [-0.05, 0) is 30.7 Å². The van der Waals surface area contributed by atoms with Crippen molar-refractivity contribution >= 4 is 17.5 Å². The molecule has 5 heteroatoms. The van der Waals surface area contributed by atoms with Crippen LogP contribution in [0.1, 0.15) is 12.5 Å². The van der Waals surface area contributed by atoms with Gasteiger partial charge in [-0.2, -0.15) is 0 Å². The van der Waals surface area contributed by atoms with Gasteiger partial charge in [0.2, 0.25) is 5.91 Å². The predicted molar refractivity (Wildman–Crippen MR) is 87.8 cm³/mol. The average Bonchev–Trinajstić information content (AvgIpc) is 2.48. The molecule has 0 heterocycles. The van der Waals surface area contributed by atoms with Crippen LogP contribution in [0.4, 0.5) is 0 Å². The molecular formula is C17H19ClN2O2. The summed E-state index contributed by atoms with van der Waals surface area (Å²) in [5.74, 6) is 0.213. The van der Waals surface area contributed by atoms with Crippen molar-refractivity contribution in [1.29, 1.82) is 0 Å². The number of amides is 1. The highest BCUT2D eigenvalue weighted by molar-refractivity contribution is 6.30. The number of carbonyl (C=O) groups excluding carboxylic acids is 1. The van der Waals surface area contributed by atoms with Crippen LogP contribution in [-0.2, 0) is 11.2 Å². The molecule has 0 aliphatic heterocycles. The second kappa shape index (κ2) is 7.82. The monoisotopic (exact) mass is 318 g/mol. The van der Waals surface area contributed by atoms with E-state index in [9.17, 15) is 4.79 Å². The third kappa shape index (κ3) is 5.06. The molecule has 4 nitrogen and oxygen atoms in total. The van der Waals surface area contributed by atoms with Crippen molar-refractivity contribution in [3.63, 3.8) is 0 Å². The highest BCUT2D eigenvalue weighted by Crippen LogP contribution is 2.19. The summed E-state index contributed by atoms with van der Waals surface area (Å²) in [6.07, 6.45) is 0.216. The minimum Gasteiger partial charge on any atom is -0.475 e. The Morgan fingerprint density at radius 3 is 2.59 bits per heavy atom. The summed E-state index contributed by atoms with van der Waals surface area (Å²) in [4.78, 5) is 11.3. The fourth-order valence-electron chi connectivity index (χ4n) is 2.03. The molecule has 0 saturated heterocycles. The first-order chi connectivity index (χ1) is 10.5. The number of nitrogens with one attached hydrogen (secondary N) is 1. The lowest BCUT2D eigenvalue weighted by molar-refractivity contribution is -0.120. The number of ether oxygens (including phenoxy) is 1. The van der Waals surface area contributed by atoms with Crippen LogP contribution < -0.4 is 15.8 Å². The number of rotatable bonds is 7. The van der Waals surface area contributed by atoms with Gasteiger partial charge in [-0.15, -0.1) is 0 Å². The molecule has 0 spiro atoms. The Morgan fingerprint density at radius 1 is 1.23 bits per heavy atom. The Labute approximate surface area is 135 Å². The van der Waals surface area contributed by atoms with Gasteiger partial charge in [0.05, 0.1) is 6.04 Å². The lowest BCUT2D eigenvalue weighted by atomic mass is 10.1. The van der Waals surface area contributed by atoms with E-state index in [0.717, 1.165) is 5.56 Å².